The highest BCUT2D eigenvalue weighted by Crippen LogP contribution is 2.25. The molecule has 1 saturated heterocycles. The van der Waals surface area contributed by atoms with Crippen LogP contribution in [0.25, 0.3) is 23.4 Å². The summed E-state index contributed by atoms with van der Waals surface area (Å²) in [7, 11) is 0. The van der Waals surface area contributed by atoms with Crippen molar-refractivity contribution in [1.82, 2.24) is 20.9 Å². The molecule has 1 fully saturated rings. The van der Waals surface area contributed by atoms with E-state index in [1.165, 1.54) is 10.4 Å². The number of benzene rings is 1. The average Bonchev–Trinajstić information content (AvgIpc) is 3.08. The van der Waals surface area contributed by atoms with Crippen molar-refractivity contribution in [2.75, 3.05) is 13.1 Å². The van der Waals surface area contributed by atoms with Crippen LogP contribution >= 0.6 is 0 Å². The number of rotatable bonds is 4. The second-order valence-electron chi connectivity index (χ2n) is 8.46. The van der Waals surface area contributed by atoms with E-state index >= 15 is 0 Å². The summed E-state index contributed by atoms with van der Waals surface area (Å²) in [6.07, 6.45) is 15.8. The molecule has 4 heteroatoms. The molecule has 0 radical (unpaired) electrons. The van der Waals surface area contributed by atoms with E-state index in [1.807, 2.05) is 31.3 Å². The lowest BCUT2D eigenvalue weighted by Gasteiger charge is -2.14. The Bertz CT molecular complexity index is 1300. The summed E-state index contributed by atoms with van der Waals surface area (Å²) in [5.41, 5.74) is 7.32. The summed E-state index contributed by atoms with van der Waals surface area (Å²) >= 11 is 0. The van der Waals surface area contributed by atoms with Crippen molar-refractivity contribution < 1.29 is 0 Å². The number of hydrogen-bond acceptors (Lipinski definition) is 4. The Morgan fingerprint density at radius 1 is 1.06 bits per heavy atom. The fourth-order valence-electron chi connectivity index (χ4n) is 4.38. The molecule has 1 atom stereocenters. The minimum atomic E-state index is 0.455. The van der Waals surface area contributed by atoms with Crippen molar-refractivity contribution in [3.63, 3.8) is 0 Å². The summed E-state index contributed by atoms with van der Waals surface area (Å²) < 4.78 is 0. The van der Waals surface area contributed by atoms with Crippen LogP contribution < -0.4 is 26.4 Å². The number of fused-ring (bicyclic) bond motifs is 1. The largest absolute Gasteiger partial charge is 0.381 e. The van der Waals surface area contributed by atoms with Gasteiger partial charge >= 0.3 is 0 Å². The number of allylic oxidation sites excluding steroid dienone is 7. The summed E-state index contributed by atoms with van der Waals surface area (Å²) in [6, 6.07) is 13.2. The molecule has 0 bridgehead atoms. The minimum absolute atomic E-state index is 0.455. The molecule has 2 aliphatic heterocycles. The summed E-state index contributed by atoms with van der Waals surface area (Å²) in [6.45, 7) is 8.31. The maximum Gasteiger partial charge on any atom is 0.0873 e. The van der Waals surface area contributed by atoms with Crippen LogP contribution in [-0.2, 0) is 0 Å². The van der Waals surface area contributed by atoms with Gasteiger partial charge in [-0.05, 0) is 84.0 Å². The van der Waals surface area contributed by atoms with Gasteiger partial charge in [0.25, 0.3) is 0 Å². The third-order valence-corrected chi connectivity index (χ3v) is 5.93. The van der Waals surface area contributed by atoms with Crippen molar-refractivity contribution in [3.05, 3.63) is 112 Å². The van der Waals surface area contributed by atoms with Gasteiger partial charge in [0.05, 0.1) is 11.4 Å². The Morgan fingerprint density at radius 2 is 2.00 bits per heavy atom. The Labute approximate surface area is 189 Å². The summed E-state index contributed by atoms with van der Waals surface area (Å²) in [4.78, 5) is 4.76. The second kappa shape index (κ2) is 8.85. The van der Waals surface area contributed by atoms with E-state index in [2.05, 4.69) is 77.2 Å². The van der Waals surface area contributed by atoms with E-state index in [0.29, 0.717) is 6.04 Å². The standard InChI is InChI=1S/C28H28N4/c1-19-14-21-9-10-22(16-23(21)17-25(15-19)32-24-11-13-29-18-24)26-7-3-4-12-30-28(26)27-8-5-6-20(2)31-27/h3-10,12,14-17,24,29-30,32H,1,11,13,18H2,2H3. The van der Waals surface area contributed by atoms with Crippen molar-refractivity contribution in [3.8, 4) is 0 Å². The first-order chi connectivity index (χ1) is 15.7. The number of pyridine rings is 1. The lowest BCUT2D eigenvalue weighted by atomic mass is 9.99. The molecule has 0 saturated carbocycles. The molecule has 3 aliphatic rings. The average molecular weight is 421 g/mol. The molecule has 4 nitrogen and oxygen atoms in total. The van der Waals surface area contributed by atoms with Gasteiger partial charge in [0.1, 0.15) is 0 Å². The predicted octanol–water partition coefficient (Wildman–Crippen LogP) is 2.90. The minimum Gasteiger partial charge on any atom is -0.381 e. The van der Waals surface area contributed by atoms with Gasteiger partial charge in [0.15, 0.2) is 0 Å². The molecule has 3 heterocycles. The van der Waals surface area contributed by atoms with Gasteiger partial charge in [-0.2, -0.15) is 0 Å². The fourth-order valence-corrected chi connectivity index (χ4v) is 4.38. The van der Waals surface area contributed by atoms with Gasteiger partial charge in [0, 0.05) is 35.8 Å². The first-order valence-electron chi connectivity index (χ1n) is 11.2. The number of aryl methyl sites for hydroxylation is 1. The Morgan fingerprint density at radius 3 is 2.84 bits per heavy atom. The van der Waals surface area contributed by atoms with Crippen LogP contribution in [0.4, 0.5) is 0 Å². The lowest BCUT2D eigenvalue weighted by Crippen LogP contribution is -2.31. The zero-order chi connectivity index (χ0) is 21.9. The Balaban J connectivity index is 1.61. The molecular weight excluding hydrogens is 392 g/mol. The maximum absolute atomic E-state index is 4.76. The van der Waals surface area contributed by atoms with Gasteiger partial charge in [-0.15, -0.1) is 0 Å². The Hall–Kier alpha value is -3.63. The molecule has 160 valence electrons. The predicted molar refractivity (Wildman–Crippen MR) is 133 cm³/mol. The van der Waals surface area contributed by atoms with Crippen molar-refractivity contribution in [2.45, 2.75) is 19.4 Å². The smallest absolute Gasteiger partial charge is 0.0873 e. The number of nitrogens with zero attached hydrogens (tertiary/aromatic N) is 1. The molecular formula is C28H28N4. The van der Waals surface area contributed by atoms with Gasteiger partial charge in [-0.1, -0.05) is 36.9 Å². The molecule has 1 aromatic heterocycles. The molecule has 2 aromatic rings. The summed E-state index contributed by atoms with van der Waals surface area (Å²) in [5.74, 6) is 0. The van der Waals surface area contributed by atoms with Crippen molar-refractivity contribution in [2.24, 2.45) is 0 Å². The molecule has 3 N–H and O–H groups in total. The molecule has 1 unspecified atom stereocenters. The van der Waals surface area contributed by atoms with Crippen LogP contribution in [0.15, 0.2) is 84.8 Å². The monoisotopic (exact) mass is 420 g/mol. The zero-order valence-corrected chi connectivity index (χ0v) is 18.4. The highest BCUT2D eigenvalue weighted by atomic mass is 15.0. The van der Waals surface area contributed by atoms with Crippen molar-refractivity contribution >= 4 is 23.4 Å². The Kier molecular flexibility index (Phi) is 5.61. The van der Waals surface area contributed by atoms with E-state index in [-0.39, 0.29) is 0 Å². The van der Waals surface area contributed by atoms with E-state index < -0.39 is 0 Å². The lowest BCUT2D eigenvalue weighted by molar-refractivity contribution is 0.626. The zero-order valence-electron chi connectivity index (χ0n) is 18.4. The SMILES string of the molecule is C=C1C=C(NC2CCNC2)C=c2cc(C3=C(c4cccc(C)n4)NC=CC=C3)ccc2=C1. The molecule has 0 spiro atoms. The number of aromatic nitrogens is 1. The van der Waals surface area contributed by atoms with Crippen LogP contribution in [0.2, 0.25) is 0 Å². The highest BCUT2D eigenvalue weighted by molar-refractivity contribution is 5.95. The van der Waals surface area contributed by atoms with Crippen molar-refractivity contribution in [1.29, 1.82) is 0 Å². The second-order valence-corrected chi connectivity index (χ2v) is 8.46. The molecule has 1 aliphatic carbocycles. The third-order valence-electron chi connectivity index (χ3n) is 5.93. The van der Waals surface area contributed by atoms with E-state index in [1.54, 1.807) is 0 Å². The van der Waals surface area contributed by atoms with E-state index in [4.69, 9.17) is 4.98 Å². The molecule has 1 aromatic carbocycles. The molecule has 5 rings (SSSR count). The van der Waals surface area contributed by atoms with Crippen LogP contribution in [0, 0.1) is 6.92 Å². The van der Waals surface area contributed by atoms with E-state index in [0.717, 1.165) is 59.0 Å². The van der Waals surface area contributed by atoms with E-state index in [9.17, 15) is 0 Å². The van der Waals surface area contributed by atoms with Gasteiger partial charge < -0.3 is 16.0 Å². The number of hydrogen-bond donors (Lipinski definition) is 3. The summed E-state index contributed by atoms with van der Waals surface area (Å²) in [5, 5.41) is 12.9. The van der Waals surface area contributed by atoms with Crippen LogP contribution in [0.5, 0.6) is 0 Å². The first kappa shape index (κ1) is 20.3. The highest BCUT2D eigenvalue weighted by Gasteiger charge is 2.15. The molecule has 32 heavy (non-hydrogen) atoms. The quantitative estimate of drug-likeness (QED) is 0.712. The third kappa shape index (κ3) is 4.36. The van der Waals surface area contributed by atoms with Crippen LogP contribution in [0.3, 0.4) is 0 Å². The normalized spacial score (nSPS) is 19.8. The fraction of sp³-hybridized carbons (Fsp3) is 0.179. The first-order valence-corrected chi connectivity index (χ1v) is 11.2. The molecule has 0 amide bonds. The van der Waals surface area contributed by atoms with Crippen LogP contribution in [0.1, 0.15) is 23.4 Å². The maximum atomic E-state index is 4.76. The van der Waals surface area contributed by atoms with Gasteiger partial charge in [-0.25, -0.2) is 0 Å². The number of nitrogens with one attached hydrogen (secondary N) is 3. The van der Waals surface area contributed by atoms with Gasteiger partial charge in [0.2, 0.25) is 0 Å². The van der Waals surface area contributed by atoms with Gasteiger partial charge in [-0.3, -0.25) is 4.98 Å². The topological polar surface area (TPSA) is 49.0 Å². The van der Waals surface area contributed by atoms with Crippen LogP contribution in [-0.4, -0.2) is 24.1 Å².